The molecule has 1 aliphatic heterocycles. The number of furan rings is 1. The van der Waals surface area contributed by atoms with E-state index < -0.39 is 11.7 Å². The SMILES string of the molecule is O=C(Nc1c(C(=O)N2CCN(c3ccc(F)cc3)CC2)oc2ccccc12)c1ccc(F)cc1. The van der Waals surface area contributed by atoms with Crippen LogP contribution in [0.3, 0.4) is 0 Å². The number of hydrogen-bond donors (Lipinski definition) is 1. The third kappa shape index (κ3) is 4.22. The molecule has 34 heavy (non-hydrogen) atoms. The molecule has 1 fully saturated rings. The fourth-order valence-electron chi connectivity index (χ4n) is 4.07. The maximum atomic E-state index is 13.4. The van der Waals surface area contributed by atoms with Gasteiger partial charge in [0, 0.05) is 42.8 Å². The van der Waals surface area contributed by atoms with Gasteiger partial charge in [0.2, 0.25) is 5.76 Å². The van der Waals surface area contributed by atoms with E-state index in [4.69, 9.17) is 4.42 Å². The van der Waals surface area contributed by atoms with Crippen LogP contribution in [0.2, 0.25) is 0 Å². The Morgan fingerprint density at radius 3 is 2.09 bits per heavy atom. The molecule has 0 spiro atoms. The predicted octanol–water partition coefficient (Wildman–Crippen LogP) is 4.93. The zero-order valence-electron chi connectivity index (χ0n) is 18.1. The molecule has 0 aliphatic carbocycles. The lowest BCUT2D eigenvalue weighted by Crippen LogP contribution is -2.48. The minimum Gasteiger partial charge on any atom is -0.449 e. The number of amides is 2. The maximum Gasteiger partial charge on any atom is 0.291 e. The average Bonchev–Trinajstić information content (AvgIpc) is 3.23. The molecule has 2 heterocycles. The van der Waals surface area contributed by atoms with Gasteiger partial charge in [0.1, 0.15) is 22.9 Å². The first kappa shape index (κ1) is 21.6. The van der Waals surface area contributed by atoms with Crippen LogP contribution in [0, 0.1) is 11.6 Å². The number of carbonyl (C=O) groups excluding carboxylic acids is 2. The highest BCUT2D eigenvalue weighted by molar-refractivity contribution is 6.14. The number of nitrogens with zero attached hydrogens (tertiary/aromatic N) is 2. The van der Waals surface area contributed by atoms with Gasteiger partial charge in [0.25, 0.3) is 11.8 Å². The van der Waals surface area contributed by atoms with E-state index in [9.17, 15) is 18.4 Å². The molecular formula is C26H21F2N3O3. The molecule has 0 radical (unpaired) electrons. The predicted molar refractivity (Wildman–Crippen MR) is 125 cm³/mol. The van der Waals surface area contributed by atoms with Crippen LogP contribution in [0.15, 0.2) is 77.2 Å². The molecule has 6 nitrogen and oxygen atoms in total. The fraction of sp³-hybridized carbons (Fsp3) is 0.154. The van der Waals surface area contributed by atoms with Crippen LogP contribution < -0.4 is 10.2 Å². The second-order valence-electron chi connectivity index (χ2n) is 8.02. The van der Waals surface area contributed by atoms with Crippen molar-refractivity contribution in [3.8, 4) is 0 Å². The lowest BCUT2D eigenvalue weighted by Gasteiger charge is -2.35. The molecule has 8 heteroatoms. The second kappa shape index (κ2) is 8.97. The topological polar surface area (TPSA) is 65.8 Å². The van der Waals surface area contributed by atoms with Crippen LogP contribution in [0.5, 0.6) is 0 Å². The number of carbonyl (C=O) groups is 2. The van der Waals surface area contributed by atoms with Gasteiger partial charge < -0.3 is 19.5 Å². The van der Waals surface area contributed by atoms with Crippen molar-refractivity contribution < 1.29 is 22.8 Å². The molecule has 1 aliphatic rings. The Morgan fingerprint density at radius 1 is 0.794 bits per heavy atom. The zero-order valence-corrected chi connectivity index (χ0v) is 18.1. The van der Waals surface area contributed by atoms with Crippen LogP contribution in [0.1, 0.15) is 20.9 Å². The van der Waals surface area contributed by atoms with Gasteiger partial charge in [0.15, 0.2) is 0 Å². The van der Waals surface area contributed by atoms with Crippen molar-refractivity contribution in [1.82, 2.24) is 4.90 Å². The lowest BCUT2D eigenvalue weighted by molar-refractivity contribution is 0.0718. The molecule has 172 valence electrons. The smallest absolute Gasteiger partial charge is 0.291 e. The lowest BCUT2D eigenvalue weighted by atomic mass is 10.1. The Balaban J connectivity index is 1.38. The largest absolute Gasteiger partial charge is 0.449 e. The average molecular weight is 461 g/mol. The number of halogens is 2. The summed E-state index contributed by atoms with van der Waals surface area (Å²) in [6, 6.07) is 18.5. The fourth-order valence-corrected chi connectivity index (χ4v) is 4.07. The standard InChI is InChI=1S/C26H21F2N3O3/c27-18-7-5-17(6-8-18)25(32)29-23-21-3-1-2-4-22(21)34-24(23)26(33)31-15-13-30(14-16-31)20-11-9-19(28)10-12-20/h1-12H,13-16H2,(H,29,32). The number of para-hydroxylation sites is 1. The first-order valence-electron chi connectivity index (χ1n) is 10.9. The minimum atomic E-state index is -0.471. The molecule has 0 atom stereocenters. The number of benzene rings is 3. The summed E-state index contributed by atoms with van der Waals surface area (Å²) in [6.07, 6.45) is 0. The van der Waals surface area contributed by atoms with Crippen molar-refractivity contribution in [2.45, 2.75) is 0 Å². The molecule has 0 saturated carbocycles. The van der Waals surface area contributed by atoms with Crippen molar-refractivity contribution in [1.29, 1.82) is 0 Å². The first-order chi connectivity index (χ1) is 16.5. The third-order valence-corrected chi connectivity index (χ3v) is 5.89. The van der Waals surface area contributed by atoms with Gasteiger partial charge in [-0.1, -0.05) is 12.1 Å². The van der Waals surface area contributed by atoms with Crippen LogP contribution in [0.25, 0.3) is 11.0 Å². The van der Waals surface area contributed by atoms with Gasteiger partial charge in [-0.15, -0.1) is 0 Å². The molecule has 0 bridgehead atoms. The van der Waals surface area contributed by atoms with E-state index in [1.807, 2.05) is 0 Å². The highest BCUT2D eigenvalue weighted by Gasteiger charge is 2.29. The van der Waals surface area contributed by atoms with Crippen molar-refractivity contribution in [2.75, 3.05) is 36.4 Å². The summed E-state index contributed by atoms with van der Waals surface area (Å²) in [6.45, 7) is 2.04. The number of piperazine rings is 1. The summed E-state index contributed by atoms with van der Waals surface area (Å²) in [5.41, 5.74) is 1.92. The van der Waals surface area contributed by atoms with Gasteiger partial charge in [-0.05, 0) is 60.7 Å². The highest BCUT2D eigenvalue weighted by atomic mass is 19.1. The summed E-state index contributed by atoms with van der Waals surface area (Å²) < 4.78 is 32.3. The summed E-state index contributed by atoms with van der Waals surface area (Å²) >= 11 is 0. The molecular weight excluding hydrogens is 440 g/mol. The van der Waals surface area contributed by atoms with Gasteiger partial charge in [-0.2, -0.15) is 0 Å². The van der Waals surface area contributed by atoms with E-state index >= 15 is 0 Å². The molecule has 4 aromatic rings. The van der Waals surface area contributed by atoms with Gasteiger partial charge >= 0.3 is 0 Å². The number of rotatable bonds is 4. The highest BCUT2D eigenvalue weighted by Crippen LogP contribution is 2.32. The Morgan fingerprint density at radius 2 is 1.41 bits per heavy atom. The molecule has 1 aromatic heterocycles. The van der Waals surface area contributed by atoms with Gasteiger partial charge in [0.05, 0.1) is 0 Å². The number of nitrogens with one attached hydrogen (secondary N) is 1. The van der Waals surface area contributed by atoms with Crippen molar-refractivity contribution in [3.63, 3.8) is 0 Å². The van der Waals surface area contributed by atoms with Crippen LogP contribution in [-0.4, -0.2) is 42.9 Å². The van der Waals surface area contributed by atoms with Crippen LogP contribution in [0.4, 0.5) is 20.2 Å². The van der Waals surface area contributed by atoms with E-state index in [1.165, 1.54) is 36.4 Å². The Bertz CT molecular complexity index is 1340. The van der Waals surface area contributed by atoms with E-state index in [1.54, 1.807) is 41.3 Å². The molecule has 1 N–H and O–H groups in total. The Labute approximate surface area is 194 Å². The number of hydrogen-bond acceptors (Lipinski definition) is 4. The quantitative estimate of drug-likeness (QED) is 0.468. The van der Waals surface area contributed by atoms with Crippen LogP contribution in [-0.2, 0) is 0 Å². The van der Waals surface area contributed by atoms with E-state index in [2.05, 4.69) is 10.2 Å². The molecule has 1 saturated heterocycles. The van der Waals surface area contributed by atoms with Gasteiger partial charge in [-0.3, -0.25) is 9.59 Å². The molecule has 2 amide bonds. The Kier molecular flexibility index (Phi) is 5.71. The van der Waals surface area contributed by atoms with E-state index in [0.29, 0.717) is 37.1 Å². The van der Waals surface area contributed by atoms with Gasteiger partial charge in [-0.25, -0.2) is 8.78 Å². The summed E-state index contributed by atoms with van der Waals surface area (Å²) in [4.78, 5) is 30.0. The number of anilines is 2. The summed E-state index contributed by atoms with van der Waals surface area (Å²) in [5.74, 6) is -1.49. The maximum absolute atomic E-state index is 13.4. The normalized spacial score (nSPS) is 13.8. The van der Waals surface area contributed by atoms with Crippen molar-refractivity contribution in [3.05, 3.63) is 95.8 Å². The first-order valence-corrected chi connectivity index (χ1v) is 10.9. The van der Waals surface area contributed by atoms with Crippen molar-refractivity contribution in [2.24, 2.45) is 0 Å². The van der Waals surface area contributed by atoms with E-state index in [0.717, 1.165) is 5.69 Å². The monoisotopic (exact) mass is 461 g/mol. The van der Waals surface area contributed by atoms with Crippen LogP contribution >= 0.6 is 0 Å². The molecule has 5 rings (SSSR count). The zero-order chi connectivity index (χ0) is 23.7. The second-order valence-corrected chi connectivity index (χ2v) is 8.02. The summed E-state index contributed by atoms with van der Waals surface area (Å²) in [7, 11) is 0. The van der Waals surface area contributed by atoms with E-state index in [-0.39, 0.29) is 28.7 Å². The van der Waals surface area contributed by atoms with Crippen molar-refractivity contribution >= 4 is 34.2 Å². The minimum absolute atomic E-state index is 0.0480. The molecule has 3 aromatic carbocycles. The number of fused-ring (bicyclic) bond motifs is 1. The third-order valence-electron chi connectivity index (χ3n) is 5.89. The Hall–Kier alpha value is -4.20. The summed E-state index contributed by atoms with van der Waals surface area (Å²) in [5, 5.41) is 3.38. The molecule has 0 unspecified atom stereocenters.